The first-order chi connectivity index (χ1) is 9.20. The predicted molar refractivity (Wildman–Crippen MR) is 88.0 cm³/mol. The Hall–Kier alpha value is -0.870. The molecule has 0 saturated heterocycles. The van der Waals surface area contributed by atoms with Crippen molar-refractivity contribution in [3.05, 3.63) is 34.2 Å². The lowest BCUT2D eigenvalue weighted by Crippen LogP contribution is -2.22. The molecule has 0 aromatic carbocycles. The molecule has 1 unspecified atom stereocenters. The molecule has 0 saturated carbocycles. The van der Waals surface area contributed by atoms with Gasteiger partial charge in [-0.2, -0.15) is 0 Å². The van der Waals surface area contributed by atoms with Crippen LogP contribution >= 0.6 is 15.9 Å². The highest BCUT2D eigenvalue weighted by Gasteiger charge is 2.27. The average molecular weight is 338 g/mol. The number of nitrogens with zero attached hydrogens (tertiary/aromatic N) is 2. The zero-order chi connectivity index (χ0) is 15.1. The van der Waals surface area contributed by atoms with Gasteiger partial charge in [-0.1, -0.05) is 34.6 Å². The Bertz CT molecular complexity index is 608. The largest absolute Gasteiger partial charge is 0.323 e. The molecule has 0 bridgehead atoms. The fourth-order valence-corrected chi connectivity index (χ4v) is 2.90. The summed E-state index contributed by atoms with van der Waals surface area (Å²) < 4.78 is 3.18. The molecule has 2 N–H and O–H groups in total. The highest BCUT2D eigenvalue weighted by atomic mass is 79.9. The zero-order valence-electron chi connectivity index (χ0n) is 12.9. The molecule has 110 valence electrons. The van der Waals surface area contributed by atoms with E-state index in [9.17, 15) is 0 Å². The molecule has 1 atom stereocenters. The number of imidazole rings is 1. The minimum atomic E-state index is -0.0115. The molecule has 3 nitrogen and oxygen atoms in total. The van der Waals surface area contributed by atoms with E-state index in [0.29, 0.717) is 5.92 Å². The first-order valence-corrected chi connectivity index (χ1v) is 7.93. The van der Waals surface area contributed by atoms with Gasteiger partial charge in [0.15, 0.2) is 0 Å². The normalized spacial score (nSPS) is 14.2. The monoisotopic (exact) mass is 337 g/mol. The van der Waals surface area contributed by atoms with Gasteiger partial charge in [0.2, 0.25) is 0 Å². The van der Waals surface area contributed by atoms with E-state index >= 15 is 0 Å². The van der Waals surface area contributed by atoms with E-state index in [1.807, 2.05) is 12.1 Å². The van der Waals surface area contributed by atoms with E-state index in [2.05, 4.69) is 61.1 Å². The van der Waals surface area contributed by atoms with Crippen molar-refractivity contribution < 1.29 is 0 Å². The van der Waals surface area contributed by atoms with E-state index in [-0.39, 0.29) is 11.5 Å². The molecular formula is C16H24BrN3. The van der Waals surface area contributed by atoms with Crippen LogP contribution in [0.5, 0.6) is 0 Å². The molecule has 0 aliphatic rings. The van der Waals surface area contributed by atoms with Gasteiger partial charge in [0.25, 0.3) is 0 Å². The summed E-state index contributed by atoms with van der Waals surface area (Å²) in [5.74, 6) is 0.565. The van der Waals surface area contributed by atoms with E-state index in [4.69, 9.17) is 10.7 Å². The molecule has 0 fully saturated rings. The maximum atomic E-state index is 6.48. The Kier molecular flexibility index (Phi) is 4.26. The molecule has 0 radical (unpaired) electrons. The van der Waals surface area contributed by atoms with Crippen LogP contribution in [0.4, 0.5) is 0 Å². The molecule has 0 amide bonds. The quantitative estimate of drug-likeness (QED) is 0.899. The van der Waals surface area contributed by atoms with Crippen molar-refractivity contribution in [2.75, 3.05) is 0 Å². The van der Waals surface area contributed by atoms with Crippen LogP contribution in [0.15, 0.2) is 22.8 Å². The van der Waals surface area contributed by atoms with Crippen LogP contribution in [0, 0.1) is 5.92 Å². The van der Waals surface area contributed by atoms with Gasteiger partial charge in [0, 0.05) is 22.1 Å². The third kappa shape index (κ3) is 3.07. The second-order valence-electron chi connectivity index (χ2n) is 6.91. The topological polar surface area (TPSA) is 43.3 Å². The maximum Gasteiger partial charge on any atom is 0.137 e. The Morgan fingerprint density at radius 2 is 1.95 bits per heavy atom. The summed E-state index contributed by atoms with van der Waals surface area (Å²) in [6.45, 7) is 11.0. The van der Waals surface area contributed by atoms with Crippen LogP contribution in [0.2, 0.25) is 0 Å². The number of nitrogens with two attached hydrogens (primary N) is 1. The number of hydrogen-bond acceptors (Lipinski definition) is 2. The van der Waals surface area contributed by atoms with Gasteiger partial charge in [-0.25, -0.2) is 4.98 Å². The van der Waals surface area contributed by atoms with Crippen molar-refractivity contribution in [1.29, 1.82) is 0 Å². The number of halogens is 1. The first kappa shape index (κ1) is 15.5. The summed E-state index contributed by atoms with van der Waals surface area (Å²) in [5.41, 5.74) is 9.67. The summed E-state index contributed by atoms with van der Waals surface area (Å²) in [7, 11) is 0. The average Bonchev–Trinajstić information content (AvgIpc) is 2.66. The van der Waals surface area contributed by atoms with Gasteiger partial charge < -0.3 is 10.1 Å². The van der Waals surface area contributed by atoms with Crippen molar-refractivity contribution in [1.82, 2.24) is 9.38 Å². The smallest absolute Gasteiger partial charge is 0.137 e. The van der Waals surface area contributed by atoms with Crippen LogP contribution in [-0.4, -0.2) is 9.38 Å². The molecule has 0 aliphatic heterocycles. The second-order valence-corrected chi connectivity index (χ2v) is 7.82. The van der Waals surface area contributed by atoms with E-state index in [1.165, 1.54) is 0 Å². The third-order valence-corrected chi connectivity index (χ3v) is 3.88. The van der Waals surface area contributed by atoms with E-state index in [0.717, 1.165) is 27.9 Å². The minimum Gasteiger partial charge on any atom is -0.323 e. The summed E-state index contributed by atoms with van der Waals surface area (Å²) in [6.07, 6.45) is 3.02. The summed E-state index contributed by atoms with van der Waals surface area (Å²) in [6, 6.07) is 4.06. The van der Waals surface area contributed by atoms with Crippen molar-refractivity contribution in [3.63, 3.8) is 0 Å². The van der Waals surface area contributed by atoms with Gasteiger partial charge in [-0.3, -0.25) is 0 Å². The number of aromatic nitrogens is 2. The SMILES string of the molecule is CC(C)CC(N)c1c(C(C)(C)C)nc2ccc(Br)cn12. The van der Waals surface area contributed by atoms with E-state index in [1.54, 1.807) is 0 Å². The Morgan fingerprint density at radius 1 is 1.30 bits per heavy atom. The minimum absolute atomic E-state index is 0.00789. The zero-order valence-corrected chi connectivity index (χ0v) is 14.5. The van der Waals surface area contributed by atoms with Gasteiger partial charge >= 0.3 is 0 Å². The molecule has 2 aromatic rings. The van der Waals surface area contributed by atoms with Crippen LogP contribution in [-0.2, 0) is 5.41 Å². The van der Waals surface area contributed by atoms with Crippen LogP contribution < -0.4 is 5.73 Å². The van der Waals surface area contributed by atoms with Gasteiger partial charge in [-0.15, -0.1) is 0 Å². The van der Waals surface area contributed by atoms with Crippen LogP contribution in [0.3, 0.4) is 0 Å². The standard InChI is InChI=1S/C16H24BrN3/c1-10(2)8-12(18)14-15(16(3,4)5)19-13-7-6-11(17)9-20(13)14/h6-7,9-10,12H,8,18H2,1-5H3. The number of rotatable bonds is 3. The fourth-order valence-electron chi connectivity index (χ4n) is 2.56. The van der Waals surface area contributed by atoms with Gasteiger partial charge in [0.05, 0.1) is 11.4 Å². The molecule has 0 spiro atoms. The van der Waals surface area contributed by atoms with Gasteiger partial charge in [0.1, 0.15) is 5.65 Å². The number of pyridine rings is 1. The Labute approximate surface area is 129 Å². The summed E-state index contributed by atoms with van der Waals surface area (Å²) >= 11 is 3.54. The predicted octanol–water partition coefficient (Wildman–Crippen LogP) is 4.44. The molecule has 2 rings (SSSR count). The molecule has 0 aliphatic carbocycles. The van der Waals surface area contributed by atoms with Crippen LogP contribution in [0.1, 0.15) is 58.5 Å². The molecular weight excluding hydrogens is 314 g/mol. The van der Waals surface area contributed by atoms with Crippen molar-refractivity contribution in [2.24, 2.45) is 11.7 Å². The van der Waals surface area contributed by atoms with Gasteiger partial charge in [-0.05, 0) is 40.4 Å². The lowest BCUT2D eigenvalue weighted by Gasteiger charge is -2.22. The highest BCUT2D eigenvalue weighted by molar-refractivity contribution is 9.10. The van der Waals surface area contributed by atoms with Crippen LogP contribution in [0.25, 0.3) is 5.65 Å². The van der Waals surface area contributed by atoms with Crippen molar-refractivity contribution in [2.45, 2.75) is 52.5 Å². The lowest BCUT2D eigenvalue weighted by molar-refractivity contribution is 0.482. The summed E-state index contributed by atoms with van der Waals surface area (Å²) in [4.78, 5) is 4.82. The highest BCUT2D eigenvalue weighted by Crippen LogP contribution is 2.32. The molecule has 2 aromatic heterocycles. The number of hydrogen-bond donors (Lipinski definition) is 1. The summed E-state index contributed by atoms with van der Waals surface area (Å²) in [5, 5.41) is 0. The third-order valence-electron chi connectivity index (χ3n) is 3.41. The second kappa shape index (κ2) is 5.49. The lowest BCUT2D eigenvalue weighted by atomic mass is 9.87. The fraction of sp³-hybridized carbons (Fsp3) is 0.562. The molecule has 20 heavy (non-hydrogen) atoms. The number of fused-ring (bicyclic) bond motifs is 1. The first-order valence-electron chi connectivity index (χ1n) is 7.13. The van der Waals surface area contributed by atoms with Crippen molar-refractivity contribution >= 4 is 21.6 Å². The van der Waals surface area contributed by atoms with Crippen molar-refractivity contribution in [3.8, 4) is 0 Å². The Morgan fingerprint density at radius 3 is 2.50 bits per heavy atom. The molecule has 2 heterocycles. The van der Waals surface area contributed by atoms with E-state index < -0.39 is 0 Å². The molecule has 4 heteroatoms. The maximum absolute atomic E-state index is 6.48. The Balaban J connectivity index is 2.66.